The van der Waals surface area contributed by atoms with Crippen molar-refractivity contribution in [3.05, 3.63) is 45.7 Å². The number of aliphatic carboxylic acids is 1. The van der Waals surface area contributed by atoms with Crippen molar-refractivity contribution in [3.8, 4) is 17.1 Å². The quantitative estimate of drug-likeness (QED) is 0.143. The smallest absolute Gasteiger partial charge is 0.408 e. The van der Waals surface area contributed by atoms with E-state index in [9.17, 15) is 29.1 Å². The number of fused-ring (bicyclic) bond motifs is 1. The van der Waals surface area contributed by atoms with Gasteiger partial charge in [0.1, 0.15) is 41.3 Å². The van der Waals surface area contributed by atoms with E-state index in [4.69, 9.17) is 26.1 Å². The van der Waals surface area contributed by atoms with Crippen LogP contribution >= 0.6 is 38.9 Å². The molecule has 3 heterocycles. The molecule has 1 aromatic carbocycles. The summed E-state index contributed by atoms with van der Waals surface area (Å²) in [6.45, 7) is 10.8. The number of nitrogens with zero attached hydrogens (tertiary/aromatic N) is 3. The van der Waals surface area contributed by atoms with Gasteiger partial charge >= 0.3 is 12.1 Å². The van der Waals surface area contributed by atoms with Gasteiger partial charge < -0.3 is 35.4 Å². The number of hydrogen-bond donors (Lipinski definition) is 4. The molecule has 2 saturated carbocycles. The molecule has 2 aliphatic carbocycles. The Morgan fingerprint density at radius 3 is 2.51 bits per heavy atom. The molecule has 6 rings (SSSR count). The minimum absolute atomic E-state index is 0.000194. The molecule has 2 aromatic heterocycles. The first-order chi connectivity index (χ1) is 26.0. The Hall–Kier alpha value is -4.28. The molecule has 0 radical (unpaired) electrons. The van der Waals surface area contributed by atoms with Crippen LogP contribution < -0.4 is 20.7 Å². The summed E-state index contributed by atoms with van der Waals surface area (Å²) in [5.74, 6) is -2.73. The number of nitrogens with one attached hydrogen (secondary N) is 3. The third kappa shape index (κ3) is 8.76. The van der Waals surface area contributed by atoms with E-state index in [1.165, 1.54) is 22.3 Å². The number of anilines is 1. The van der Waals surface area contributed by atoms with Gasteiger partial charge in [0.15, 0.2) is 5.13 Å². The Morgan fingerprint density at radius 1 is 1.15 bits per heavy atom. The maximum Gasteiger partial charge on any atom is 0.408 e. The van der Waals surface area contributed by atoms with Crippen molar-refractivity contribution >= 4 is 84.7 Å². The van der Waals surface area contributed by atoms with Gasteiger partial charge in [-0.3, -0.25) is 14.4 Å². The van der Waals surface area contributed by atoms with Gasteiger partial charge in [-0.25, -0.2) is 19.6 Å². The fourth-order valence-corrected chi connectivity index (χ4v) is 8.68. The second kappa shape index (κ2) is 16.1. The van der Waals surface area contributed by atoms with Crippen LogP contribution in [0.3, 0.4) is 0 Å². The molecule has 1 aliphatic heterocycles. The molecule has 3 aromatic rings. The summed E-state index contributed by atoms with van der Waals surface area (Å²) in [5, 5.41) is 21.3. The van der Waals surface area contributed by atoms with Crippen LogP contribution in [0.25, 0.3) is 22.3 Å². The summed E-state index contributed by atoms with van der Waals surface area (Å²) in [4.78, 5) is 76.8. The highest BCUT2D eigenvalue weighted by Gasteiger charge is 2.61. The number of benzene rings is 1. The molecule has 14 nitrogen and oxygen atoms in total. The highest BCUT2D eigenvalue weighted by atomic mass is 79.9. The number of ether oxygens (including phenoxy) is 2. The van der Waals surface area contributed by atoms with Crippen molar-refractivity contribution in [1.29, 1.82) is 0 Å². The lowest BCUT2D eigenvalue weighted by Crippen LogP contribution is -2.59. The van der Waals surface area contributed by atoms with Crippen molar-refractivity contribution < 1.29 is 38.6 Å². The van der Waals surface area contributed by atoms with Crippen LogP contribution in [0.5, 0.6) is 5.75 Å². The predicted octanol–water partition coefficient (Wildman–Crippen LogP) is 6.70. The second-order valence-electron chi connectivity index (χ2n) is 15.3. The van der Waals surface area contributed by atoms with Crippen LogP contribution in [-0.4, -0.2) is 86.1 Å². The second-order valence-corrected chi connectivity index (χ2v) is 17.5. The number of halogens is 2. The van der Waals surface area contributed by atoms with Crippen LogP contribution in [-0.2, 0) is 23.9 Å². The Bertz CT molecular complexity index is 2030. The van der Waals surface area contributed by atoms with Crippen LogP contribution in [0.15, 0.2) is 40.7 Å². The molecule has 0 spiro atoms. The Kier molecular flexibility index (Phi) is 11.8. The molecule has 0 unspecified atom stereocenters. The average Bonchev–Trinajstić information content (AvgIpc) is 3.53. The van der Waals surface area contributed by atoms with Crippen molar-refractivity contribution in [1.82, 2.24) is 25.5 Å². The van der Waals surface area contributed by atoms with Gasteiger partial charge in [0, 0.05) is 40.1 Å². The average molecular weight is 860 g/mol. The summed E-state index contributed by atoms with van der Waals surface area (Å²) in [6, 6.07) is 2.92. The van der Waals surface area contributed by atoms with Gasteiger partial charge in [0.25, 0.3) is 0 Å². The van der Waals surface area contributed by atoms with Crippen LogP contribution in [0.4, 0.5) is 9.93 Å². The number of carboxylic acids is 1. The SMILES string of the molecule is C=C[C@@H]1C[C@]1(NC(=O)[C@@H]1C[C@@H](Oc2cc(-c3csc(NC(=O)CC)n3)nc3c(Cl)cc(Br)cc23)CN1C(=O)[C@@H](NC(=O)OC1CCCC1)C(C)(C)C)C(=O)O. The molecule has 1 saturated heterocycles. The zero-order valence-corrected chi connectivity index (χ0v) is 34.1. The summed E-state index contributed by atoms with van der Waals surface area (Å²) < 4.78 is 12.9. The molecule has 5 atom stereocenters. The third-order valence-corrected chi connectivity index (χ3v) is 11.8. The summed E-state index contributed by atoms with van der Waals surface area (Å²) in [5.41, 5.74) is -1.06. The minimum atomic E-state index is -1.54. The zero-order chi connectivity index (χ0) is 39.8. The molecule has 17 heteroatoms. The Morgan fingerprint density at radius 2 is 1.87 bits per heavy atom. The molecule has 3 aliphatic rings. The lowest BCUT2D eigenvalue weighted by molar-refractivity contribution is -0.146. The van der Waals surface area contributed by atoms with Gasteiger partial charge in [-0.05, 0) is 49.7 Å². The van der Waals surface area contributed by atoms with Crippen molar-refractivity contribution in [2.45, 2.75) is 102 Å². The van der Waals surface area contributed by atoms with Gasteiger partial charge in [0.2, 0.25) is 17.7 Å². The number of pyridine rings is 1. The van der Waals surface area contributed by atoms with E-state index >= 15 is 0 Å². The van der Waals surface area contributed by atoms with E-state index in [1.807, 2.05) is 0 Å². The maximum atomic E-state index is 14.6. The fraction of sp³-hybridized carbons (Fsp3) is 0.500. The summed E-state index contributed by atoms with van der Waals surface area (Å²) >= 11 is 11.4. The van der Waals surface area contributed by atoms with Crippen molar-refractivity contribution in [2.75, 3.05) is 11.9 Å². The summed E-state index contributed by atoms with van der Waals surface area (Å²) in [6.07, 6.45) is 3.62. The van der Waals surface area contributed by atoms with Crippen molar-refractivity contribution in [3.63, 3.8) is 0 Å². The van der Waals surface area contributed by atoms with Gasteiger partial charge in [-0.2, -0.15) is 0 Å². The molecule has 4 N–H and O–H groups in total. The number of carbonyl (C=O) groups is 5. The van der Waals surface area contributed by atoms with Crippen LogP contribution in [0, 0.1) is 11.3 Å². The highest BCUT2D eigenvalue weighted by molar-refractivity contribution is 9.10. The lowest BCUT2D eigenvalue weighted by atomic mass is 9.85. The van der Waals surface area contributed by atoms with Gasteiger partial charge in [0.05, 0.1) is 22.8 Å². The zero-order valence-electron chi connectivity index (χ0n) is 30.9. The number of carboxylic acid groups (broad SMARTS) is 1. The lowest BCUT2D eigenvalue weighted by Gasteiger charge is -2.35. The first-order valence-electron chi connectivity index (χ1n) is 18.2. The van der Waals surface area contributed by atoms with E-state index in [0.717, 1.165) is 25.7 Å². The van der Waals surface area contributed by atoms with Gasteiger partial charge in [-0.1, -0.05) is 61.3 Å². The number of carbonyl (C=O) groups excluding carboxylic acids is 4. The van der Waals surface area contributed by atoms with E-state index in [2.05, 4.69) is 43.4 Å². The number of aromatic nitrogens is 2. The van der Waals surface area contributed by atoms with E-state index in [-0.39, 0.29) is 37.8 Å². The fourth-order valence-electron chi connectivity index (χ4n) is 7.10. The topological polar surface area (TPSA) is 189 Å². The molecular formula is C38H44BrClN6O8S. The minimum Gasteiger partial charge on any atom is -0.488 e. The largest absolute Gasteiger partial charge is 0.488 e. The Labute approximate surface area is 335 Å². The van der Waals surface area contributed by atoms with Crippen molar-refractivity contribution in [2.24, 2.45) is 11.3 Å². The first kappa shape index (κ1) is 40.4. The highest BCUT2D eigenvalue weighted by Crippen LogP contribution is 2.45. The van der Waals surface area contributed by atoms with E-state index in [0.29, 0.717) is 42.7 Å². The number of hydrogen-bond acceptors (Lipinski definition) is 10. The number of alkyl carbamates (subject to hydrolysis) is 1. The first-order valence-corrected chi connectivity index (χ1v) is 20.3. The normalized spacial score (nSPS) is 22.9. The van der Waals surface area contributed by atoms with Crippen LogP contribution in [0.2, 0.25) is 5.02 Å². The maximum absolute atomic E-state index is 14.6. The molecule has 294 valence electrons. The molecule has 55 heavy (non-hydrogen) atoms. The number of amides is 4. The summed E-state index contributed by atoms with van der Waals surface area (Å²) in [7, 11) is 0. The van der Waals surface area contributed by atoms with E-state index in [1.54, 1.807) is 51.3 Å². The molecule has 4 amide bonds. The standard InChI is InChI=1S/C38H44BrClN6O8S/c1-6-19-16-38(19,34(50)51)45-32(48)27-14-22(17-46(27)33(49)31(37(3,4)5)44-36(52)54-21-10-8-9-11-21)53-28-15-25(26-18-55-35(42-26)43-29(47)7-2)41-30-23(28)12-20(39)13-24(30)40/h6,12-13,15,18-19,21-22,27,31H,1,7-11,14,16-17H2,2-5H3,(H,44,52)(H,45,48)(H,50,51)(H,42,43,47)/t19-,22-,27+,31-,38-/m1/s1. The molecule has 0 bridgehead atoms. The third-order valence-electron chi connectivity index (χ3n) is 10.2. The van der Waals surface area contributed by atoms with Crippen LogP contribution in [0.1, 0.15) is 72.6 Å². The molecule has 3 fully saturated rings. The number of likely N-dealkylation sites (tertiary alicyclic amines) is 1. The monoisotopic (exact) mass is 858 g/mol. The predicted molar refractivity (Wildman–Crippen MR) is 211 cm³/mol. The molecular weight excluding hydrogens is 816 g/mol. The van der Waals surface area contributed by atoms with Gasteiger partial charge in [-0.15, -0.1) is 17.9 Å². The van der Waals surface area contributed by atoms with E-state index < -0.39 is 58.9 Å². The number of rotatable bonds is 12. The number of thiazole rings is 1. The Balaban J connectivity index is 1.33.